The molecule has 4 nitrogen and oxygen atoms in total. The Morgan fingerprint density at radius 3 is 2.30 bits per heavy atom. The molecule has 0 fully saturated rings. The number of amides is 1. The maximum Gasteiger partial charge on any atom is 0.277 e. The van der Waals surface area contributed by atoms with Gasteiger partial charge in [0.15, 0.2) is 18.2 Å². The van der Waals surface area contributed by atoms with Gasteiger partial charge in [0, 0.05) is 0 Å². The predicted molar refractivity (Wildman–Crippen MR) is 78.6 cm³/mol. The quantitative estimate of drug-likeness (QED) is 0.679. The molecule has 1 amide bonds. The van der Waals surface area contributed by atoms with Gasteiger partial charge in [0.2, 0.25) is 0 Å². The van der Waals surface area contributed by atoms with Crippen LogP contribution in [0.15, 0.2) is 47.6 Å². The van der Waals surface area contributed by atoms with E-state index < -0.39 is 30.0 Å². The van der Waals surface area contributed by atoms with Crippen LogP contribution >= 0.6 is 0 Å². The summed E-state index contributed by atoms with van der Waals surface area (Å²) in [6, 6.07) is 8.99. The van der Waals surface area contributed by atoms with E-state index in [1.165, 1.54) is 31.2 Å². The van der Waals surface area contributed by atoms with Crippen molar-refractivity contribution in [2.75, 3.05) is 6.61 Å². The molecule has 0 atom stereocenters. The van der Waals surface area contributed by atoms with Crippen LogP contribution in [0.1, 0.15) is 12.5 Å². The van der Waals surface area contributed by atoms with Crippen molar-refractivity contribution < 1.29 is 22.7 Å². The van der Waals surface area contributed by atoms with Crippen LogP contribution in [-0.4, -0.2) is 18.2 Å². The fourth-order valence-corrected chi connectivity index (χ4v) is 1.78. The first-order valence-electron chi connectivity index (χ1n) is 6.64. The van der Waals surface area contributed by atoms with Crippen molar-refractivity contribution in [1.29, 1.82) is 0 Å². The Bertz CT molecular complexity index is 728. The summed E-state index contributed by atoms with van der Waals surface area (Å²) >= 11 is 0. The number of rotatable bonds is 5. The van der Waals surface area contributed by atoms with Crippen molar-refractivity contribution in [3.8, 4) is 5.75 Å². The van der Waals surface area contributed by atoms with Gasteiger partial charge >= 0.3 is 0 Å². The molecular formula is C16H13F3N2O2. The van der Waals surface area contributed by atoms with E-state index in [2.05, 4.69) is 10.5 Å². The number of ether oxygens (including phenoxy) is 1. The second kappa shape index (κ2) is 7.44. The van der Waals surface area contributed by atoms with Crippen LogP contribution in [0.4, 0.5) is 13.2 Å². The number of hydrazone groups is 1. The van der Waals surface area contributed by atoms with E-state index in [0.717, 1.165) is 12.1 Å². The Hall–Kier alpha value is -2.83. The number of carbonyl (C=O) groups excluding carboxylic acids is 1. The van der Waals surface area contributed by atoms with E-state index in [0.29, 0.717) is 0 Å². The average Bonchev–Trinajstić information content (AvgIpc) is 2.52. The van der Waals surface area contributed by atoms with E-state index in [4.69, 9.17) is 4.74 Å². The molecule has 0 saturated carbocycles. The second-order valence-corrected chi connectivity index (χ2v) is 4.55. The topological polar surface area (TPSA) is 50.7 Å². The van der Waals surface area contributed by atoms with Gasteiger partial charge in [0.05, 0.1) is 11.3 Å². The highest BCUT2D eigenvalue weighted by Gasteiger charge is 2.12. The summed E-state index contributed by atoms with van der Waals surface area (Å²) in [6.45, 7) is 0.858. The zero-order valence-corrected chi connectivity index (χ0v) is 12.1. The van der Waals surface area contributed by atoms with Gasteiger partial charge in [-0.2, -0.15) is 5.10 Å². The van der Waals surface area contributed by atoms with Crippen LogP contribution < -0.4 is 10.2 Å². The number of benzene rings is 2. The van der Waals surface area contributed by atoms with Crippen molar-refractivity contribution in [3.63, 3.8) is 0 Å². The van der Waals surface area contributed by atoms with Crippen LogP contribution in [0, 0.1) is 17.5 Å². The molecule has 2 aromatic rings. The number of para-hydroxylation sites is 1. The third-order valence-electron chi connectivity index (χ3n) is 2.87. The van der Waals surface area contributed by atoms with E-state index >= 15 is 0 Å². The summed E-state index contributed by atoms with van der Waals surface area (Å²) in [5, 5.41) is 3.61. The molecule has 0 aliphatic heterocycles. The number of hydrogen-bond donors (Lipinski definition) is 1. The van der Waals surface area contributed by atoms with Crippen LogP contribution in [0.5, 0.6) is 5.75 Å². The molecule has 1 N–H and O–H groups in total. The summed E-state index contributed by atoms with van der Waals surface area (Å²) < 4.78 is 45.4. The van der Waals surface area contributed by atoms with Crippen molar-refractivity contribution >= 4 is 11.6 Å². The molecule has 0 radical (unpaired) electrons. The Morgan fingerprint density at radius 1 is 1.04 bits per heavy atom. The fourth-order valence-electron chi connectivity index (χ4n) is 1.78. The van der Waals surface area contributed by atoms with Crippen LogP contribution in [-0.2, 0) is 4.79 Å². The van der Waals surface area contributed by atoms with Gasteiger partial charge < -0.3 is 4.74 Å². The molecule has 0 unspecified atom stereocenters. The Morgan fingerprint density at radius 2 is 1.65 bits per heavy atom. The van der Waals surface area contributed by atoms with E-state index in [1.807, 2.05) is 0 Å². The highest BCUT2D eigenvalue weighted by atomic mass is 19.1. The standard InChI is InChI=1S/C16H13F3N2O2/c1-10(16-12(18)6-4-7-13(16)19)20-21-15(22)9-23-14-8-3-2-5-11(14)17/h2-8H,9H2,1H3,(H,21,22)/b20-10-. The first-order chi connectivity index (χ1) is 11.0. The van der Waals surface area contributed by atoms with Crippen molar-refractivity contribution in [2.24, 2.45) is 5.10 Å². The summed E-state index contributed by atoms with van der Waals surface area (Å²) in [7, 11) is 0. The lowest BCUT2D eigenvalue weighted by Gasteiger charge is -2.07. The summed E-state index contributed by atoms with van der Waals surface area (Å²) in [5.74, 6) is -2.95. The summed E-state index contributed by atoms with van der Waals surface area (Å²) in [6.07, 6.45) is 0. The zero-order chi connectivity index (χ0) is 16.8. The van der Waals surface area contributed by atoms with Gasteiger partial charge in [0.1, 0.15) is 11.6 Å². The van der Waals surface area contributed by atoms with E-state index in [-0.39, 0.29) is 17.0 Å². The molecule has 23 heavy (non-hydrogen) atoms. The van der Waals surface area contributed by atoms with Gasteiger partial charge in [-0.3, -0.25) is 4.79 Å². The van der Waals surface area contributed by atoms with Gasteiger partial charge in [-0.1, -0.05) is 18.2 Å². The zero-order valence-electron chi connectivity index (χ0n) is 12.1. The molecule has 2 rings (SSSR count). The molecular weight excluding hydrogens is 309 g/mol. The fraction of sp³-hybridized carbons (Fsp3) is 0.125. The Labute approximate surface area is 130 Å². The number of halogens is 3. The molecule has 7 heteroatoms. The number of nitrogens with one attached hydrogen (secondary N) is 1. The highest BCUT2D eigenvalue weighted by Crippen LogP contribution is 2.15. The minimum Gasteiger partial charge on any atom is -0.481 e. The van der Waals surface area contributed by atoms with Gasteiger partial charge in [-0.05, 0) is 31.2 Å². The monoisotopic (exact) mass is 322 g/mol. The second-order valence-electron chi connectivity index (χ2n) is 4.55. The third-order valence-corrected chi connectivity index (χ3v) is 2.87. The molecule has 0 bridgehead atoms. The number of nitrogens with zero attached hydrogens (tertiary/aromatic N) is 1. The summed E-state index contributed by atoms with van der Waals surface area (Å²) in [5.41, 5.74) is 1.72. The Kier molecular flexibility index (Phi) is 5.35. The minimum atomic E-state index is -0.789. The van der Waals surface area contributed by atoms with Gasteiger partial charge in [-0.15, -0.1) is 0 Å². The molecule has 0 aliphatic carbocycles. The predicted octanol–water partition coefficient (Wildman–Crippen LogP) is 3.02. The maximum absolute atomic E-state index is 13.5. The van der Waals surface area contributed by atoms with Crippen molar-refractivity contribution in [1.82, 2.24) is 5.43 Å². The van der Waals surface area contributed by atoms with E-state index in [9.17, 15) is 18.0 Å². The lowest BCUT2D eigenvalue weighted by molar-refractivity contribution is -0.123. The molecule has 120 valence electrons. The number of carbonyl (C=O) groups is 1. The minimum absolute atomic E-state index is 0.0418. The van der Waals surface area contributed by atoms with Crippen LogP contribution in [0.2, 0.25) is 0 Å². The first-order valence-corrected chi connectivity index (χ1v) is 6.64. The molecule has 0 spiro atoms. The Balaban J connectivity index is 1.97. The van der Waals surface area contributed by atoms with Crippen molar-refractivity contribution in [3.05, 3.63) is 65.5 Å². The molecule has 0 aromatic heterocycles. The lowest BCUT2D eigenvalue weighted by atomic mass is 10.1. The normalized spacial score (nSPS) is 11.2. The molecule has 0 aliphatic rings. The van der Waals surface area contributed by atoms with E-state index in [1.54, 1.807) is 6.07 Å². The SMILES string of the molecule is C/C(=N/NC(=O)COc1ccccc1F)c1c(F)cccc1F. The average molecular weight is 322 g/mol. The van der Waals surface area contributed by atoms with Gasteiger partial charge in [-0.25, -0.2) is 18.6 Å². The van der Waals surface area contributed by atoms with Crippen LogP contribution in [0.25, 0.3) is 0 Å². The molecule has 0 saturated heterocycles. The molecule has 0 heterocycles. The third kappa shape index (κ3) is 4.32. The highest BCUT2D eigenvalue weighted by molar-refractivity contribution is 5.99. The maximum atomic E-state index is 13.5. The smallest absolute Gasteiger partial charge is 0.277 e. The van der Waals surface area contributed by atoms with Crippen LogP contribution in [0.3, 0.4) is 0 Å². The van der Waals surface area contributed by atoms with Crippen molar-refractivity contribution in [2.45, 2.75) is 6.92 Å². The largest absolute Gasteiger partial charge is 0.481 e. The lowest BCUT2D eigenvalue weighted by Crippen LogP contribution is -2.26. The summed E-state index contributed by atoms with van der Waals surface area (Å²) in [4.78, 5) is 11.6. The van der Waals surface area contributed by atoms with Gasteiger partial charge in [0.25, 0.3) is 5.91 Å². The molecule has 2 aromatic carbocycles. The number of hydrogen-bond acceptors (Lipinski definition) is 3. The first kappa shape index (κ1) is 16.5.